The van der Waals surface area contributed by atoms with Gasteiger partial charge in [-0.05, 0) is 43.2 Å². The van der Waals surface area contributed by atoms with Gasteiger partial charge in [0.1, 0.15) is 11.2 Å². The maximum absolute atomic E-state index is 13.4. The Labute approximate surface area is 213 Å². The molecule has 2 aliphatic rings. The highest BCUT2D eigenvalue weighted by Crippen LogP contribution is 2.45. The average molecular weight is 493 g/mol. The zero-order valence-corrected chi connectivity index (χ0v) is 21.8. The summed E-state index contributed by atoms with van der Waals surface area (Å²) in [4.78, 5) is 43.2. The summed E-state index contributed by atoms with van der Waals surface area (Å²) in [6, 6.07) is 20.0. The summed E-state index contributed by atoms with van der Waals surface area (Å²) in [5, 5.41) is -0.418. The Morgan fingerprint density at radius 1 is 1.00 bits per heavy atom. The third-order valence-electron chi connectivity index (χ3n) is 7.50. The van der Waals surface area contributed by atoms with Crippen LogP contribution < -0.4 is 0 Å². The molecular weight excluding hydrogens is 456 g/mol. The Bertz CT molecular complexity index is 1030. The predicted molar refractivity (Wildman–Crippen MR) is 141 cm³/mol. The number of hydrogen-bond donors (Lipinski definition) is 0. The first kappa shape index (κ1) is 25.5. The van der Waals surface area contributed by atoms with Crippen LogP contribution in [0.25, 0.3) is 0 Å². The zero-order chi connectivity index (χ0) is 25.0. The second-order valence-electron chi connectivity index (χ2n) is 10.2. The predicted octanol–water partition coefficient (Wildman–Crippen LogP) is 5.21. The number of thioether (sulfide) groups is 1. The van der Waals surface area contributed by atoms with Crippen molar-refractivity contribution < 1.29 is 14.4 Å². The van der Waals surface area contributed by atoms with Gasteiger partial charge < -0.3 is 9.80 Å². The molecule has 186 valence electrons. The fraction of sp³-hybridized carbons (Fsp3) is 0.483. The van der Waals surface area contributed by atoms with E-state index in [0.29, 0.717) is 38.4 Å². The van der Waals surface area contributed by atoms with Gasteiger partial charge in [0.25, 0.3) is 0 Å². The van der Waals surface area contributed by atoms with Crippen molar-refractivity contribution in [2.45, 2.75) is 62.5 Å². The SMILES string of the molecule is CC(=O)C1(c2ccccc2)CCN(C(=O)CC2SC(c3ccccc3)N(CCC(C)C)C2=O)CC1. The van der Waals surface area contributed by atoms with Crippen LogP contribution in [0.4, 0.5) is 0 Å². The van der Waals surface area contributed by atoms with E-state index in [2.05, 4.69) is 26.0 Å². The van der Waals surface area contributed by atoms with Crippen molar-refractivity contribution in [2.75, 3.05) is 19.6 Å². The van der Waals surface area contributed by atoms with Crippen LogP contribution in [0.5, 0.6) is 0 Å². The molecule has 5 nitrogen and oxygen atoms in total. The van der Waals surface area contributed by atoms with Gasteiger partial charge in [-0.3, -0.25) is 14.4 Å². The van der Waals surface area contributed by atoms with E-state index in [1.54, 1.807) is 18.7 Å². The molecule has 2 aromatic carbocycles. The highest BCUT2D eigenvalue weighted by molar-refractivity contribution is 8.01. The Kier molecular flexibility index (Phi) is 8.00. The molecule has 2 aromatic rings. The van der Waals surface area contributed by atoms with Crippen molar-refractivity contribution in [2.24, 2.45) is 5.92 Å². The van der Waals surface area contributed by atoms with Gasteiger partial charge in [-0.25, -0.2) is 0 Å². The molecule has 0 spiro atoms. The molecule has 2 fully saturated rings. The van der Waals surface area contributed by atoms with Crippen LogP contribution in [0, 0.1) is 5.92 Å². The van der Waals surface area contributed by atoms with Crippen molar-refractivity contribution in [3.05, 3.63) is 71.8 Å². The van der Waals surface area contributed by atoms with Crippen LogP contribution >= 0.6 is 11.8 Å². The minimum atomic E-state index is -0.526. The lowest BCUT2D eigenvalue weighted by Gasteiger charge is -2.40. The number of rotatable bonds is 8. The van der Waals surface area contributed by atoms with Crippen LogP contribution in [-0.2, 0) is 19.8 Å². The minimum Gasteiger partial charge on any atom is -0.343 e. The van der Waals surface area contributed by atoms with Gasteiger partial charge in [-0.15, -0.1) is 11.8 Å². The molecule has 35 heavy (non-hydrogen) atoms. The first-order chi connectivity index (χ1) is 16.8. The molecule has 0 radical (unpaired) electrons. The van der Waals surface area contributed by atoms with Crippen LogP contribution in [0.1, 0.15) is 63.0 Å². The van der Waals surface area contributed by atoms with E-state index in [1.807, 2.05) is 58.3 Å². The molecule has 2 amide bonds. The molecular formula is C29H36N2O3S. The number of Topliss-reactive ketones (excluding diaryl/α,β-unsaturated/α-hetero) is 1. The van der Waals surface area contributed by atoms with Gasteiger partial charge in [-0.2, -0.15) is 0 Å². The van der Waals surface area contributed by atoms with E-state index < -0.39 is 5.41 Å². The van der Waals surface area contributed by atoms with Gasteiger partial charge in [0.05, 0.1) is 10.7 Å². The molecule has 2 atom stereocenters. The summed E-state index contributed by atoms with van der Waals surface area (Å²) in [5.74, 6) is 0.740. The standard InChI is InChI=1S/C29H36N2O3S/c1-21(2)14-17-31-27(34)25(35-28(31)23-10-6-4-7-11-23)20-26(33)30-18-15-29(16-19-30,22(3)32)24-12-8-5-9-13-24/h4-13,21,25,28H,14-20H2,1-3H3. The summed E-state index contributed by atoms with van der Waals surface area (Å²) in [7, 11) is 0. The Hall–Kier alpha value is -2.60. The summed E-state index contributed by atoms with van der Waals surface area (Å²) in [5.41, 5.74) is 1.62. The molecule has 0 saturated carbocycles. The second kappa shape index (κ2) is 11.0. The third-order valence-corrected chi connectivity index (χ3v) is 8.98. The highest BCUT2D eigenvalue weighted by Gasteiger charge is 2.44. The smallest absolute Gasteiger partial charge is 0.237 e. The van der Waals surface area contributed by atoms with Crippen molar-refractivity contribution in [1.82, 2.24) is 9.80 Å². The number of piperidine rings is 1. The molecule has 2 unspecified atom stereocenters. The molecule has 0 N–H and O–H groups in total. The number of hydrogen-bond acceptors (Lipinski definition) is 4. The maximum Gasteiger partial charge on any atom is 0.237 e. The molecule has 2 saturated heterocycles. The van der Waals surface area contributed by atoms with Crippen molar-refractivity contribution in [3.8, 4) is 0 Å². The van der Waals surface area contributed by atoms with Crippen molar-refractivity contribution >= 4 is 29.4 Å². The summed E-state index contributed by atoms with van der Waals surface area (Å²) < 4.78 is 0. The van der Waals surface area contributed by atoms with Gasteiger partial charge in [0.2, 0.25) is 11.8 Å². The van der Waals surface area contributed by atoms with Gasteiger partial charge in [0.15, 0.2) is 0 Å². The zero-order valence-electron chi connectivity index (χ0n) is 21.0. The van der Waals surface area contributed by atoms with E-state index in [4.69, 9.17) is 0 Å². The quantitative estimate of drug-likeness (QED) is 0.507. The fourth-order valence-corrected chi connectivity index (χ4v) is 6.72. The summed E-state index contributed by atoms with van der Waals surface area (Å²) >= 11 is 1.60. The van der Waals surface area contributed by atoms with Crippen LogP contribution in [0.3, 0.4) is 0 Å². The Morgan fingerprint density at radius 3 is 2.17 bits per heavy atom. The molecule has 6 heteroatoms. The van der Waals surface area contributed by atoms with Crippen molar-refractivity contribution in [3.63, 3.8) is 0 Å². The summed E-state index contributed by atoms with van der Waals surface area (Å²) in [6.07, 6.45) is 2.40. The third kappa shape index (κ3) is 5.48. The van der Waals surface area contributed by atoms with E-state index >= 15 is 0 Å². The van der Waals surface area contributed by atoms with Gasteiger partial charge in [-0.1, -0.05) is 74.5 Å². The number of carbonyl (C=O) groups is 3. The normalized spacial score (nSPS) is 22.0. The van der Waals surface area contributed by atoms with Crippen LogP contribution in [0.2, 0.25) is 0 Å². The number of carbonyl (C=O) groups excluding carboxylic acids is 3. The van der Waals surface area contributed by atoms with E-state index in [-0.39, 0.29) is 34.6 Å². The van der Waals surface area contributed by atoms with E-state index in [9.17, 15) is 14.4 Å². The number of nitrogens with zero attached hydrogens (tertiary/aromatic N) is 2. The molecule has 2 aliphatic heterocycles. The lowest BCUT2D eigenvalue weighted by Crippen LogP contribution is -2.49. The number of ketones is 1. The topological polar surface area (TPSA) is 57.7 Å². The average Bonchev–Trinajstić information content (AvgIpc) is 3.18. The van der Waals surface area contributed by atoms with E-state index in [1.165, 1.54) is 0 Å². The van der Waals surface area contributed by atoms with Crippen LogP contribution in [0.15, 0.2) is 60.7 Å². The lowest BCUT2D eigenvalue weighted by molar-refractivity contribution is -0.138. The highest BCUT2D eigenvalue weighted by atomic mass is 32.2. The largest absolute Gasteiger partial charge is 0.343 e. The fourth-order valence-electron chi connectivity index (χ4n) is 5.25. The van der Waals surface area contributed by atoms with Gasteiger partial charge >= 0.3 is 0 Å². The minimum absolute atomic E-state index is 0.0126. The number of benzene rings is 2. The summed E-state index contributed by atoms with van der Waals surface area (Å²) in [6.45, 7) is 7.78. The lowest BCUT2D eigenvalue weighted by atomic mass is 9.70. The van der Waals surface area contributed by atoms with Crippen molar-refractivity contribution in [1.29, 1.82) is 0 Å². The molecule has 0 aromatic heterocycles. The van der Waals surface area contributed by atoms with Crippen LogP contribution in [-0.4, -0.2) is 52.3 Å². The van der Waals surface area contributed by atoms with Gasteiger partial charge in [0, 0.05) is 26.1 Å². The Morgan fingerprint density at radius 2 is 1.60 bits per heavy atom. The molecule has 0 bridgehead atoms. The van der Waals surface area contributed by atoms with E-state index in [0.717, 1.165) is 17.5 Å². The first-order valence-electron chi connectivity index (χ1n) is 12.7. The maximum atomic E-state index is 13.4. The number of likely N-dealkylation sites (tertiary alicyclic amines) is 1. The molecule has 4 rings (SSSR count). The second-order valence-corrected chi connectivity index (χ2v) is 11.5. The molecule has 2 heterocycles. The number of amides is 2. The Balaban J connectivity index is 1.43. The molecule has 0 aliphatic carbocycles. The monoisotopic (exact) mass is 492 g/mol. The first-order valence-corrected chi connectivity index (χ1v) is 13.6.